The fourth-order valence-corrected chi connectivity index (χ4v) is 2.89. The third-order valence-corrected chi connectivity index (χ3v) is 4.35. The lowest BCUT2D eigenvalue weighted by Crippen LogP contribution is -2.46. The summed E-state index contributed by atoms with van der Waals surface area (Å²) in [4.78, 5) is 35.4. The van der Waals surface area contributed by atoms with Crippen molar-refractivity contribution in [3.8, 4) is 0 Å². The van der Waals surface area contributed by atoms with Gasteiger partial charge in [-0.1, -0.05) is 23.2 Å². The van der Waals surface area contributed by atoms with E-state index < -0.39 is 0 Å². The second-order valence-electron chi connectivity index (χ2n) is 5.45. The first kappa shape index (κ1) is 17.4. The molecule has 0 atom stereocenters. The first-order chi connectivity index (χ1) is 12.1. The Balaban J connectivity index is 1.72. The number of carbonyl (C=O) groups is 2. The van der Waals surface area contributed by atoms with E-state index >= 15 is 0 Å². The predicted molar refractivity (Wildman–Crippen MR) is 96.3 cm³/mol. The molecule has 130 valence electrons. The van der Waals surface area contributed by atoms with Crippen molar-refractivity contribution in [3.05, 3.63) is 46.2 Å². The molecular formula is C16H15Cl2N5O2. The normalized spacial score (nSPS) is 14.3. The lowest BCUT2D eigenvalue weighted by Gasteiger charge is -2.32. The van der Waals surface area contributed by atoms with Gasteiger partial charge in [0, 0.05) is 37.4 Å². The Labute approximate surface area is 154 Å². The monoisotopic (exact) mass is 379 g/mol. The SMILES string of the molecule is O=CN1CCN(c2nccc(C(=O)Nc3ccc(Cl)cc3Cl)n2)CC1. The molecular weight excluding hydrogens is 365 g/mol. The molecule has 0 aliphatic carbocycles. The van der Waals surface area contributed by atoms with Crippen molar-refractivity contribution in [2.75, 3.05) is 36.4 Å². The average Bonchev–Trinajstić information content (AvgIpc) is 2.64. The molecule has 9 heteroatoms. The van der Waals surface area contributed by atoms with Crippen LogP contribution in [0, 0.1) is 0 Å². The van der Waals surface area contributed by atoms with Gasteiger partial charge in [0.25, 0.3) is 5.91 Å². The van der Waals surface area contributed by atoms with Gasteiger partial charge < -0.3 is 15.1 Å². The van der Waals surface area contributed by atoms with Gasteiger partial charge in [-0.3, -0.25) is 9.59 Å². The van der Waals surface area contributed by atoms with Crippen LogP contribution in [0.5, 0.6) is 0 Å². The largest absolute Gasteiger partial charge is 0.342 e. The minimum absolute atomic E-state index is 0.230. The minimum atomic E-state index is -0.389. The molecule has 2 amide bonds. The quantitative estimate of drug-likeness (QED) is 0.824. The summed E-state index contributed by atoms with van der Waals surface area (Å²) in [7, 11) is 0. The highest BCUT2D eigenvalue weighted by Gasteiger charge is 2.19. The topological polar surface area (TPSA) is 78.4 Å². The van der Waals surface area contributed by atoms with Crippen LogP contribution in [-0.4, -0.2) is 53.4 Å². The molecule has 3 rings (SSSR count). The van der Waals surface area contributed by atoms with E-state index in [4.69, 9.17) is 23.2 Å². The average molecular weight is 380 g/mol. The van der Waals surface area contributed by atoms with E-state index in [-0.39, 0.29) is 11.6 Å². The predicted octanol–water partition coefficient (Wildman–Crippen LogP) is 2.31. The van der Waals surface area contributed by atoms with Crippen molar-refractivity contribution in [1.82, 2.24) is 14.9 Å². The first-order valence-corrected chi connectivity index (χ1v) is 8.36. The maximum atomic E-state index is 12.4. The maximum absolute atomic E-state index is 12.4. The fourth-order valence-electron chi connectivity index (χ4n) is 2.43. The van der Waals surface area contributed by atoms with Gasteiger partial charge in [0.15, 0.2) is 0 Å². The Bertz CT molecular complexity index is 794. The number of carbonyl (C=O) groups excluding carboxylic acids is 2. The number of hydrogen-bond acceptors (Lipinski definition) is 5. The molecule has 1 N–H and O–H groups in total. The molecule has 1 aromatic heterocycles. The van der Waals surface area contributed by atoms with Crippen molar-refractivity contribution < 1.29 is 9.59 Å². The lowest BCUT2D eigenvalue weighted by atomic mass is 10.3. The van der Waals surface area contributed by atoms with Crippen LogP contribution in [0.25, 0.3) is 0 Å². The summed E-state index contributed by atoms with van der Waals surface area (Å²) >= 11 is 11.9. The Hall–Kier alpha value is -2.38. The Morgan fingerprint density at radius 2 is 1.92 bits per heavy atom. The van der Waals surface area contributed by atoms with Crippen LogP contribution >= 0.6 is 23.2 Å². The van der Waals surface area contributed by atoms with Crippen LogP contribution < -0.4 is 10.2 Å². The van der Waals surface area contributed by atoms with E-state index in [1.54, 1.807) is 23.1 Å². The second kappa shape index (κ2) is 7.67. The first-order valence-electron chi connectivity index (χ1n) is 7.60. The molecule has 0 radical (unpaired) electrons. The van der Waals surface area contributed by atoms with Crippen molar-refractivity contribution in [1.29, 1.82) is 0 Å². The van der Waals surface area contributed by atoms with Crippen molar-refractivity contribution in [2.24, 2.45) is 0 Å². The van der Waals surface area contributed by atoms with E-state index in [9.17, 15) is 9.59 Å². The molecule has 25 heavy (non-hydrogen) atoms. The number of hydrogen-bond donors (Lipinski definition) is 1. The zero-order chi connectivity index (χ0) is 17.8. The molecule has 1 aliphatic rings. The molecule has 1 aliphatic heterocycles. The van der Waals surface area contributed by atoms with Crippen LogP contribution in [0.3, 0.4) is 0 Å². The van der Waals surface area contributed by atoms with Crippen LogP contribution in [0.15, 0.2) is 30.5 Å². The Morgan fingerprint density at radius 1 is 1.16 bits per heavy atom. The van der Waals surface area contributed by atoms with E-state index in [2.05, 4.69) is 15.3 Å². The highest BCUT2D eigenvalue weighted by Crippen LogP contribution is 2.25. The number of anilines is 2. The van der Waals surface area contributed by atoms with Crippen LogP contribution in [-0.2, 0) is 4.79 Å². The molecule has 7 nitrogen and oxygen atoms in total. The van der Waals surface area contributed by atoms with Gasteiger partial charge in [-0.05, 0) is 24.3 Å². The summed E-state index contributed by atoms with van der Waals surface area (Å²) in [6, 6.07) is 6.35. The van der Waals surface area contributed by atoms with Gasteiger partial charge in [0.1, 0.15) is 5.69 Å². The molecule has 1 fully saturated rings. The summed E-state index contributed by atoms with van der Waals surface area (Å²) in [5.74, 6) is 0.0693. The maximum Gasteiger partial charge on any atom is 0.274 e. The number of piperazine rings is 1. The number of halogens is 2. The number of nitrogens with zero attached hydrogens (tertiary/aromatic N) is 4. The van der Waals surface area contributed by atoms with Gasteiger partial charge in [-0.25, -0.2) is 9.97 Å². The smallest absolute Gasteiger partial charge is 0.274 e. The third kappa shape index (κ3) is 4.18. The molecule has 0 bridgehead atoms. The van der Waals surface area contributed by atoms with Gasteiger partial charge in [-0.2, -0.15) is 0 Å². The Kier molecular flexibility index (Phi) is 5.35. The molecule has 1 aromatic carbocycles. The van der Waals surface area contributed by atoms with Gasteiger partial charge in [0.05, 0.1) is 10.7 Å². The van der Waals surface area contributed by atoms with E-state index in [0.29, 0.717) is 47.9 Å². The standard InChI is InChI=1S/C16H15Cl2N5O2/c17-11-1-2-13(12(18)9-11)20-15(25)14-3-4-19-16(21-14)23-7-5-22(10-24)6-8-23/h1-4,9-10H,5-8H2,(H,20,25). The molecule has 0 saturated carbocycles. The van der Waals surface area contributed by atoms with Crippen molar-refractivity contribution in [2.45, 2.75) is 0 Å². The highest BCUT2D eigenvalue weighted by atomic mass is 35.5. The zero-order valence-electron chi connectivity index (χ0n) is 13.2. The van der Waals surface area contributed by atoms with E-state index in [1.807, 2.05) is 4.90 Å². The van der Waals surface area contributed by atoms with Crippen molar-refractivity contribution >= 4 is 47.2 Å². The van der Waals surface area contributed by atoms with Crippen LogP contribution in [0.2, 0.25) is 10.0 Å². The van der Waals surface area contributed by atoms with E-state index in [0.717, 1.165) is 6.41 Å². The Morgan fingerprint density at radius 3 is 2.60 bits per heavy atom. The summed E-state index contributed by atoms with van der Waals surface area (Å²) in [6.45, 7) is 2.44. The summed E-state index contributed by atoms with van der Waals surface area (Å²) in [5.41, 5.74) is 0.685. The fraction of sp³-hybridized carbons (Fsp3) is 0.250. The molecule has 0 unspecified atom stereocenters. The number of nitrogens with one attached hydrogen (secondary N) is 1. The van der Waals surface area contributed by atoms with Gasteiger partial charge in [-0.15, -0.1) is 0 Å². The number of benzene rings is 1. The number of rotatable bonds is 4. The summed E-state index contributed by atoms with van der Waals surface area (Å²) < 4.78 is 0. The highest BCUT2D eigenvalue weighted by molar-refractivity contribution is 6.36. The molecule has 2 aromatic rings. The number of aromatic nitrogens is 2. The molecule has 1 saturated heterocycles. The van der Waals surface area contributed by atoms with E-state index in [1.165, 1.54) is 12.3 Å². The summed E-state index contributed by atoms with van der Waals surface area (Å²) in [5, 5.41) is 3.54. The lowest BCUT2D eigenvalue weighted by molar-refractivity contribution is -0.118. The van der Waals surface area contributed by atoms with Crippen LogP contribution in [0.4, 0.5) is 11.6 Å². The van der Waals surface area contributed by atoms with Gasteiger partial charge in [0.2, 0.25) is 12.4 Å². The van der Waals surface area contributed by atoms with Gasteiger partial charge >= 0.3 is 0 Å². The second-order valence-corrected chi connectivity index (χ2v) is 6.29. The summed E-state index contributed by atoms with van der Waals surface area (Å²) in [6.07, 6.45) is 2.37. The molecule has 0 spiro atoms. The van der Waals surface area contributed by atoms with Crippen molar-refractivity contribution in [3.63, 3.8) is 0 Å². The van der Waals surface area contributed by atoms with Crippen LogP contribution in [0.1, 0.15) is 10.5 Å². The minimum Gasteiger partial charge on any atom is -0.342 e. The zero-order valence-corrected chi connectivity index (χ0v) is 14.7. The third-order valence-electron chi connectivity index (χ3n) is 3.80. The number of amides is 2. The molecule has 2 heterocycles.